The molecule has 0 atom stereocenters. The first-order valence-corrected chi connectivity index (χ1v) is 8.52. The number of ether oxygens (including phenoxy) is 1. The molecular formula is C21H19NO6. The highest BCUT2D eigenvalue weighted by Gasteiger charge is 2.22. The summed E-state index contributed by atoms with van der Waals surface area (Å²) < 4.78 is 10.0. The fraction of sp³-hybridized carbons (Fsp3) is 0.190. The number of likely N-dealkylation sites (N-methyl/N-ethyl adjacent to an activating group) is 1. The van der Waals surface area contributed by atoms with Gasteiger partial charge >= 0.3 is 11.6 Å². The fourth-order valence-corrected chi connectivity index (χ4v) is 3.04. The van der Waals surface area contributed by atoms with Crippen LogP contribution in [0.4, 0.5) is 5.69 Å². The Kier molecular flexibility index (Phi) is 5.17. The first kappa shape index (κ1) is 19.2. The molecule has 7 heteroatoms. The van der Waals surface area contributed by atoms with Gasteiger partial charge in [-0.2, -0.15) is 0 Å². The summed E-state index contributed by atoms with van der Waals surface area (Å²) in [6.07, 6.45) is -0.197. The zero-order valence-corrected chi connectivity index (χ0v) is 15.7. The van der Waals surface area contributed by atoms with Gasteiger partial charge in [0.25, 0.3) is 0 Å². The lowest BCUT2D eigenvalue weighted by molar-refractivity contribution is -0.117. The van der Waals surface area contributed by atoms with E-state index >= 15 is 0 Å². The number of carbonyl (C=O) groups is 2. The smallest absolute Gasteiger partial charge is 0.340 e. The van der Waals surface area contributed by atoms with Crippen LogP contribution in [-0.4, -0.2) is 31.1 Å². The molecule has 28 heavy (non-hydrogen) atoms. The van der Waals surface area contributed by atoms with Crippen molar-refractivity contribution in [2.75, 3.05) is 19.1 Å². The minimum atomic E-state index is -0.640. The number of esters is 1. The van der Waals surface area contributed by atoms with Crippen LogP contribution in [-0.2, 0) is 16.0 Å². The average molecular weight is 381 g/mol. The van der Waals surface area contributed by atoms with Crippen molar-refractivity contribution < 1.29 is 23.8 Å². The van der Waals surface area contributed by atoms with Crippen LogP contribution < -0.4 is 10.5 Å². The summed E-state index contributed by atoms with van der Waals surface area (Å²) in [6, 6.07) is 11.0. The SMILES string of the molecule is COC(=O)c1ccccc1N(C)C(=O)Cc1c(C)c2ccc(O)cc2oc1=O. The minimum absolute atomic E-state index is 0.0157. The van der Waals surface area contributed by atoms with Gasteiger partial charge in [0.2, 0.25) is 5.91 Å². The van der Waals surface area contributed by atoms with E-state index in [1.807, 2.05) is 0 Å². The van der Waals surface area contributed by atoms with Gasteiger partial charge in [0, 0.05) is 18.5 Å². The Bertz CT molecular complexity index is 1130. The van der Waals surface area contributed by atoms with E-state index in [-0.39, 0.29) is 34.8 Å². The van der Waals surface area contributed by atoms with Gasteiger partial charge in [-0.25, -0.2) is 9.59 Å². The first-order chi connectivity index (χ1) is 13.3. The molecule has 3 aromatic rings. The van der Waals surface area contributed by atoms with Crippen LogP contribution in [0.2, 0.25) is 0 Å². The number of para-hydroxylation sites is 1. The van der Waals surface area contributed by atoms with Crippen molar-refractivity contribution in [1.29, 1.82) is 0 Å². The molecule has 7 nitrogen and oxygen atoms in total. The molecule has 0 radical (unpaired) electrons. The third kappa shape index (κ3) is 3.46. The second kappa shape index (κ2) is 7.56. The highest BCUT2D eigenvalue weighted by atomic mass is 16.5. The number of benzene rings is 2. The maximum Gasteiger partial charge on any atom is 0.340 e. The Morgan fingerprint density at radius 3 is 2.61 bits per heavy atom. The molecule has 0 saturated carbocycles. The predicted octanol–water partition coefficient (Wildman–Crippen LogP) is 2.80. The van der Waals surface area contributed by atoms with Crippen molar-refractivity contribution in [3.8, 4) is 5.75 Å². The van der Waals surface area contributed by atoms with Gasteiger partial charge < -0.3 is 19.2 Å². The zero-order chi connectivity index (χ0) is 20.4. The quantitative estimate of drug-likeness (QED) is 0.551. The van der Waals surface area contributed by atoms with Gasteiger partial charge in [-0.15, -0.1) is 0 Å². The number of nitrogens with zero attached hydrogens (tertiary/aromatic N) is 1. The average Bonchev–Trinajstić information content (AvgIpc) is 2.69. The van der Waals surface area contributed by atoms with E-state index in [1.165, 1.54) is 31.2 Å². The van der Waals surface area contributed by atoms with Crippen molar-refractivity contribution in [1.82, 2.24) is 0 Å². The topological polar surface area (TPSA) is 97.1 Å². The van der Waals surface area contributed by atoms with Crippen LogP contribution in [0, 0.1) is 6.92 Å². The van der Waals surface area contributed by atoms with Crippen molar-refractivity contribution in [2.45, 2.75) is 13.3 Å². The second-order valence-electron chi connectivity index (χ2n) is 6.31. The number of aryl methyl sites for hydroxylation is 1. The number of fused-ring (bicyclic) bond motifs is 1. The third-order valence-corrected chi connectivity index (χ3v) is 4.64. The van der Waals surface area contributed by atoms with E-state index in [0.29, 0.717) is 16.6 Å². The number of rotatable bonds is 4. The molecule has 144 valence electrons. The van der Waals surface area contributed by atoms with Gasteiger partial charge in [0.15, 0.2) is 0 Å². The summed E-state index contributed by atoms with van der Waals surface area (Å²) in [4.78, 5) is 38.5. The molecule has 3 rings (SSSR count). The number of aromatic hydroxyl groups is 1. The fourth-order valence-electron chi connectivity index (χ4n) is 3.04. The largest absolute Gasteiger partial charge is 0.508 e. The molecule has 0 unspecified atom stereocenters. The number of phenolic OH excluding ortho intramolecular Hbond substituents is 1. The molecule has 0 fully saturated rings. The molecule has 1 aromatic heterocycles. The monoisotopic (exact) mass is 381 g/mol. The zero-order valence-electron chi connectivity index (χ0n) is 15.7. The Labute approximate surface area is 160 Å². The molecule has 0 aliphatic carbocycles. The highest BCUT2D eigenvalue weighted by Crippen LogP contribution is 2.25. The Hall–Kier alpha value is -3.61. The lowest BCUT2D eigenvalue weighted by atomic mass is 10.0. The normalized spacial score (nSPS) is 10.7. The molecule has 1 heterocycles. The van der Waals surface area contributed by atoms with Gasteiger partial charge in [0.1, 0.15) is 11.3 Å². The summed E-state index contributed by atoms with van der Waals surface area (Å²) in [6.45, 7) is 1.72. The van der Waals surface area contributed by atoms with Crippen molar-refractivity contribution in [3.05, 3.63) is 69.6 Å². The highest BCUT2D eigenvalue weighted by molar-refractivity contribution is 6.03. The molecule has 2 aromatic carbocycles. The molecule has 0 saturated heterocycles. The molecule has 0 bridgehead atoms. The van der Waals surface area contributed by atoms with Crippen LogP contribution in [0.1, 0.15) is 21.5 Å². The number of hydrogen-bond donors (Lipinski definition) is 1. The van der Waals surface area contributed by atoms with Crippen molar-refractivity contribution in [2.24, 2.45) is 0 Å². The Balaban J connectivity index is 1.97. The van der Waals surface area contributed by atoms with Crippen LogP contribution in [0.3, 0.4) is 0 Å². The third-order valence-electron chi connectivity index (χ3n) is 4.64. The van der Waals surface area contributed by atoms with Gasteiger partial charge in [0.05, 0.1) is 30.3 Å². The van der Waals surface area contributed by atoms with Crippen molar-refractivity contribution >= 4 is 28.5 Å². The van der Waals surface area contributed by atoms with Gasteiger partial charge in [-0.3, -0.25) is 4.79 Å². The molecule has 1 amide bonds. The molecule has 0 aliphatic heterocycles. The summed E-state index contributed by atoms with van der Waals surface area (Å²) in [5.41, 5.74) is 1.08. The Morgan fingerprint density at radius 1 is 1.18 bits per heavy atom. The summed E-state index contributed by atoms with van der Waals surface area (Å²) >= 11 is 0. The van der Waals surface area contributed by atoms with E-state index in [4.69, 9.17) is 9.15 Å². The number of anilines is 1. The number of carbonyl (C=O) groups excluding carboxylic acids is 2. The van der Waals surface area contributed by atoms with Gasteiger partial charge in [-0.05, 0) is 36.8 Å². The lowest BCUT2D eigenvalue weighted by Crippen LogP contribution is -2.31. The van der Waals surface area contributed by atoms with Gasteiger partial charge in [-0.1, -0.05) is 12.1 Å². The van der Waals surface area contributed by atoms with Crippen LogP contribution in [0.25, 0.3) is 11.0 Å². The van der Waals surface area contributed by atoms with Crippen LogP contribution in [0.15, 0.2) is 51.7 Å². The number of methoxy groups -OCH3 is 1. The summed E-state index contributed by atoms with van der Waals surface area (Å²) in [7, 11) is 2.79. The van der Waals surface area contributed by atoms with Crippen LogP contribution in [0.5, 0.6) is 5.75 Å². The number of amides is 1. The maximum atomic E-state index is 12.8. The van der Waals surface area contributed by atoms with E-state index in [9.17, 15) is 19.5 Å². The van der Waals surface area contributed by atoms with E-state index in [2.05, 4.69) is 0 Å². The maximum absolute atomic E-state index is 12.8. The van der Waals surface area contributed by atoms with Crippen LogP contribution >= 0.6 is 0 Å². The van der Waals surface area contributed by atoms with Crippen molar-refractivity contribution in [3.63, 3.8) is 0 Å². The lowest BCUT2D eigenvalue weighted by Gasteiger charge is -2.20. The standard InChI is InChI=1S/C21H19NO6/c1-12-14-9-8-13(23)10-18(14)28-21(26)16(12)11-19(24)22(2)17-7-5-4-6-15(17)20(25)27-3/h4-10,23H,11H2,1-3H3. The number of hydrogen-bond acceptors (Lipinski definition) is 6. The first-order valence-electron chi connectivity index (χ1n) is 8.52. The summed E-state index contributed by atoms with van der Waals surface area (Å²) in [5.74, 6) is -0.959. The predicted molar refractivity (Wildman–Crippen MR) is 104 cm³/mol. The molecule has 0 aliphatic rings. The van der Waals surface area contributed by atoms with E-state index in [0.717, 1.165) is 0 Å². The second-order valence-corrected chi connectivity index (χ2v) is 6.31. The number of phenols is 1. The molecular weight excluding hydrogens is 362 g/mol. The Morgan fingerprint density at radius 2 is 1.89 bits per heavy atom. The minimum Gasteiger partial charge on any atom is -0.508 e. The molecule has 1 N–H and O–H groups in total. The molecule has 0 spiro atoms. The van der Waals surface area contributed by atoms with E-state index < -0.39 is 11.6 Å². The summed E-state index contributed by atoms with van der Waals surface area (Å²) in [5, 5.41) is 10.2. The van der Waals surface area contributed by atoms with E-state index in [1.54, 1.807) is 37.3 Å².